The van der Waals surface area contributed by atoms with Crippen LogP contribution < -0.4 is 4.90 Å². The summed E-state index contributed by atoms with van der Waals surface area (Å²) in [5, 5.41) is 0.754. The number of thiazole rings is 1. The van der Waals surface area contributed by atoms with Crippen LogP contribution in [-0.2, 0) is 11.3 Å². The topological polar surface area (TPSA) is 46.1 Å². The van der Waals surface area contributed by atoms with E-state index in [1.165, 1.54) is 4.90 Å². The van der Waals surface area contributed by atoms with Crippen LogP contribution >= 0.6 is 23.1 Å². The molecule has 30 heavy (non-hydrogen) atoms. The van der Waals surface area contributed by atoms with Gasteiger partial charge in [0, 0.05) is 23.7 Å². The molecule has 0 aliphatic heterocycles. The van der Waals surface area contributed by atoms with E-state index in [9.17, 15) is 4.79 Å². The number of amides is 1. The summed E-state index contributed by atoms with van der Waals surface area (Å²) in [6, 6.07) is 20.4. The number of hydrogen-bond donors (Lipinski definition) is 0. The van der Waals surface area contributed by atoms with Gasteiger partial charge in [0.05, 0.1) is 16.8 Å². The number of anilines is 1. The molecule has 0 spiro atoms. The Hall–Kier alpha value is -2.70. The van der Waals surface area contributed by atoms with Crippen molar-refractivity contribution >= 4 is 44.4 Å². The van der Waals surface area contributed by atoms with Crippen molar-refractivity contribution in [2.45, 2.75) is 31.2 Å². The number of thioether (sulfide) groups is 1. The normalized spacial score (nSPS) is 11.0. The molecule has 4 aromatic rings. The van der Waals surface area contributed by atoms with E-state index in [-0.39, 0.29) is 5.91 Å². The van der Waals surface area contributed by atoms with E-state index in [2.05, 4.69) is 36.2 Å². The molecule has 0 aliphatic carbocycles. The third-order valence-corrected chi connectivity index (χ3v) is 6.89. The number of pyridine rings is 1. The minimum absolute atomic E-state index is 0.101. The summed E-state index contributed by atoms with van der Waals surface area (Å²) in [5.41, 5.74) is 3.10. The average Bonchev–Trinajstić information content (AvgIpc) is 3.22. The molecule has 0 N–H and O–H groups in total. The monoisotopic (exact) mass is 433 g/mol. The highest BCUT2D eigenvalue weighted by Crippen LogP contribution is 2.32. The molecule has 0 saturated heterocycles. The molecule has 0 unspecified atom stereocenters. The first-order chi connectivity index (χ1) is 14.7. The summed E-state index contributed by atoms with van der Waals surface area (Å²) in [7, 11) is 0. The SMILES string of the molecule is Cc1cccc2sc(N(Cc3cccnc3)C(=O)CCCSc3ccccc3)nc12. The summed E-state index contributed by atoms with van der Waals surface area (Å²) in [6.45, 7) is 2.54. The van der Waals surface area contributed by atoms with Crippen LogP contribution in [0.1, 0.15) is 24.0 Å². The van der Waals surface area contributed by atoms with E-state index >= 15 is 0 Å². The third-order valence-electron chi connectivity index (χ3n) is 4.75. The van der Waals surface area contributed by atoms with Gasteiger partial charge in [0.1, 0.15) is 0 Å². The third kappa shape index (κ3) is 5.07. The Morgan fingerprint density at radius 1 is 1.07 bits per heavy atom. The van der Waals surface area contributed by atoms with Crippen LogP contribution in [-0.4, -0.2) is 21.6 Å². The molecule has 2 heterocycles. The highest BCUT2D eigenvalue weighted by Gasteiger charge is 2.20. The second kappa shape index (κ2) is 9.87. The minimum Gasteiger partial charge on any atom is -0.284 e. The number of carbonyl (C=O) groups excluding carboxylic acids is 1. The first kappa shape index (κ1) is 20.6. The van der Waals surface area contributed by atoms with Gasteiger partial charge in [-0.1, -0.05) is 47.7 Å². The molecule has 2 aromatic carbocycles. The van der Waals surface area contributed by atoms with Gasteiger partial charge in [0.15, 0.2) is 5.13 Å². The van der Waals surface area contributed by atoms with E-state index in [0.717, 1.165) is 38.6 Å². The largest absolute Gasteiger partial charge is 0.284 e. The number of aromatic nitrogens is 2. The van der Waals surface area contributed by atoms with Crippen molar-refractivity contribution < 1.29 is 4.79 Å². The molecular weight excluding hydrogens is 410 g/mol. The van der Waals surface area contributed by atoms with Crippen molar-refractivity contribution in [2.24, 2.45) is 0 Å². The highest BCUT2D eigenvalue weighted by molar-refractivity contribution is 7.99. The molecule has 1 amide bonds. The van der Waals surface area contributed by atoms with Gasteiger partial charge < -0.3 is 0 Å². The number of nitrogens with zero attached hydrogens (tertiary/aromatic N) is 3. The van der Waals surface area contributed by atoms with E-state index in [1.54, 1.807) is 29.3 Å². The molecule has 2 aromatic heterocycles. The van der Waals surface area contributed by atoms with Crippen molar-refractivity contribution in [1.82, 2.24) is 9.97 Å². The maximum Gasteiger partial charge on any atom is 0.229 e. The zero-order valence-corrected chi connectivity index (χ0v) is 18.5. The van der Waals surface area contributed by atoms with Gasteiger partial charge in [-0.2, -0.15) is 0 Å². The fraction of sp³-hybridized carbons (Fsp3) is 0.208. The average molecular weight is 434 g/mol. The molecule has 152 valence electrons. The van der Waals surface area contributed by atoms with Crippen LogP contribution in [0.15, 0.2) is 78.0 Å². The van der Waals surface area contributed by atoms with Crippen LogP contribution in [0.25, 0.3) is 10.2 Å². The molecule has 0 fully saturated rings. The number of hydrogen-bond acceptors (Lipinski definition) is 5. The zero-order valence-electron chi connectivity index (χ0n) is 16.8. The molecule has 0 atom stereocenters. The fourth-order valence-electron chi connectivity index (χ4n) is 3.19. The summed E-state index contributed by atoms with van der Waals surface area (Å²) < 4.78 is 1.11. The first-order valence-electron chi connectivity index (χ1n) is 9.94. The number of rotatable bonds is 8. The van der Waals surface area contributed by atoms with Gasteiger partial charge in [-0.25, -0.2) is 4.98 Å². The lowest BCUT2D eigenvalue weighted by Crippen LogP contribution is -2.30. The van der Waals surface area contributed by atoms with Crippen LogP contribution in [0.3, 0.4) is 0 Å². The smallest absolute Gasteiger partial charge is 0.229 e. The fourth-order valence-corrected chi connectivity index (χ4v) is 5.13. The van der Waals surface area contributed by atoms with Crippen LogP contribution in [0.2, 0.25) is 0 Å². The van der Waals surface area contributed by atoms with Gasteiger partial charge in [0.2, 0.25) is 5.91 Å². The summed E-state index contributed by atoms with van der Waals surface area (Å²) >= 11 is 3.36. The van der Waals surface area contributed by atoms with Gasteiger partial charge in [-0.05, 0) is 54.5 Å². The van der Waals surface area contributed by atoms with Gasteiger partial charge in [-0.15, -0.1) is 11.8 Å². The minimum atomic E-state index is 0.101. The molecule has 6 heteroatoms. The molecule has 0 saturated carbocycles. The van der Waals surface area contributed by atoms with Gasteiger partial charge >= 0.3 is 0 Å². The van der Waals surface area contributed by atoms with Gasteiger partial charge in [-0.3, -0.25) is 14.7 Å². The molecule has 4 rings (SSSR count). The predicted molar refractivity (Wildman–Crippen MR) is 126 cm³/mol. The Morgan fingerprint density at radius 2 is 1.93 bits per heavy atom. The predicted octanol–water partition coefficient (Wildman–Crippen LogP) is 6.11. The highest BCUT2D eigenvalue weighted by atomic mass is 32.2. The molecule has 0 radical (unpaired) electrons. The molecular formula is C24H23N3OS2. The van der Waals surface area contributed by atoms with E-state index in [4.69, 9.17) is 4.98 Å². The van der Waals surface area contributed by atoms with Crippen molar-refractivity contribution in [3.8, 4) is 0 Å². The number of carbonyl (C=O) groups is 1. The lowest BCUT2D eigenvalue weighted by atomic mass is 10.2. The van der Waals surface area contributed by atoms with E-state index < -0.39 is 0 Å². The number of aryl methyl sites for hydroxylation is 1. The Bertz CT molecular complexity index is 1110. The second-order valence-electron chi connectivity index (χ2n) is 7.02. The van der Waals surface area contributed by atoms with Crippen molar-refractivity contribution in [1.29, 1.82) is 0 Å². The van der Waals surface area contributed by atoms with Crippen LogP contribution in [0.5, 0.6) is 0 Å². The lowest BCUT2D eigenvalue weighted by molar-refractivity contribution is -0.118. The van der Waals surface area contributed by atoms with E-state index in [1.807, 2.05) is 47.5 Å². The summed E-state index contributed by atoms with van der Waals surface area (Å²) in [5.74, 6) is 1.01. The maximum absolute atomic E-state index is 13.2. The number of benzene rings is 2. The van der Waals surface area contributed by atoms with Crippen LogP contribution in [0, 0.1) is 6.92 Å². The van der Waals surface area contributed by atoms with Crippen molar-refractivity contribution in [2.75, 3.05) is 10.7 Å². The molecule has 0 bridgehead atoms. The maximum atomic E-state index is 13.2. The number of para-hydroxylation sites is 1. The molecule has 0 aliphatic rings. The Balaban J connectivity index is 1.49. The number of fused-ring (bicyclic) bond motifs is 1. The first-order valence-corrected chi connectivity index (χ1v) is 11.7. The second-order valence-corrected chi connectivity index (χ2v) is 9.20. The lowest BCUT2D eigenvalue weighted by Gasteiger charge is -2.20. The van der Waals surface area contributed by atoms with Crippen LogP contribution in [0.4, 0.5) is 5.13 Å². The standard InChI is InChI=1S/C24H23N3OS2/c1-18-8-5-12-21-23(18)26-24(30-21)27(17-19-9-6-14-25-16-19)22(28)13-7-15-29-20-10-3-2-4-11-20/h2-6,8-12,14,16H,7,13,15,17H2,1H3. The summed E-state index contributed by atoms with van der Waals surface area (Å²) in [4.78, 5) is 25.2. The zero-order chi connectivity index (χ0) is 20.8. The Morgan fingerprint density at radius 3 is 2.70 bits per heavy atom. The van der Waals surface area contributed by atoms with E-state index in [0.29, 0.717) is 13.0 Å². The van der Waals surface area contributed by atoms with Crippen molar-refractivity contribution in [3.63, 3.8) is 0 Å². The van der Waals surface area contributed by atoms with Crippen molar-refractivity contribution in [3.05, 3.63) is 84.2 Å². The van der Waals surface area contributed by atoms with Gasteiger partial charge in [0.25, 0.3) is 0 Å². The Labute approximate surface area is 185 Å². The quantitative estimate of drug-likeness (QED) is 0.249. The Kier molecular flexibility index (Phi) is 6.77. The summed E-state index contributed by atoms with van der Waals surface area (Å²) in [6.07, 6.45) is 4.88. The molecule has 4 nitrogen and oxygen atoms in total.